The number of rotatable bonds is 10. The average molecular weight is 634 g/mol. The summed E-state index contributed by atoms with van der Waals surface area (Å²) in [5, 5.41) is 17.9. The molecule has 1 aromatic carbocycles. The highest BCUT2D eigenvalue weighted by Crippen LogP contribution is 2.33. The lowest BCUT2D eigenvalue weighted by molar-refractivity contribution is -0.117. The molecule has 0 bridgehead atoms. The average Bonchev–Trinajstić information content (AvgIpc) is 3.69. The number of hydrogen-bond acceptors (Lipinski definition) is 9. The summed E-state index contributed by atoms with van der Waals surface area (Å²) in [5.74, 6) is 0.579. The van der Waals surface area contributed by atoms with Crippen LogP contribution in [-0.2, 0) is 4.79 Å². The van der Waals surface area contributed by atoms with Crippen LogP contribution in [0, 0.1) is 11.7 Å². The van der Waals surface area contributed by atoms with Crippen molar-refractivity contribution in [2.45, 2.75) is 19.3 Å². The van der Waals surface area contributed by atoms with Gasteiger partial charge in [-0.1, -0.05) is 0 Å². The Morgan fingerprint density at radius 2 is 1.81 bits per heavy atom. The van der Waals surface area contributed by atoms with Crippen molar-refractivity contribution in [3.05, 3.63) is 67.0 Å². The standard InChI is InChI=1S/C34H36FN11O/c1-46(2)10-9-38-25-13-21(12-24(35)16-25)27-5-8-39-33-30(27)42-34(43-33)31-28-15-23(18-40-32(28)45-44-31)22-14-26(19-37-17-22)41-29(47)11-20-3-6-36-7-4-20/h5,8,12-20,36,38H,3-4,6-7,9-11H2,1-2H3,(H,41,47)(H,39,42,43)(H,40,44,45). The molecule has 5 aromatic heterocycles. The summed E-state index contributed by atoms with van der Waals surface area (Å²) < 4.78 is 14.7. The van der Waals surface area contributed by atoms with Crippen molar-refractivity contribution in [2.75, 3.05) is 50.9 Å². The molecule has 1 amide bonds. The predicted molar refractivity (Wildman–Crippen MR) is 181 cm³/mol. The number of likely N-dealkylation sites (N-methyl/N-ethyl adjacent to an activating group) is 1. The highest BCUT2D eigenvalue weighted by atomic mass is 19.1. The number of benzene rings is 1. The lowest BCUT2D eigenvalue weighted by Gasteiger charge is -2.21. The maximum atomic E-state index is 14.7. The predicted octanol–water partition coefficient (Wildman–Crippen LogP) is 5.07. The zero-order valence-electron chi connectivity index (χ0n) is 26.3. The van der Waals surface area contributed by atoms with Crippen LogP contribution in [0.2, 0.25) is 0 Å². The summed E-state index contributed by atoms with van der Waals surface area (Å²) in [5.41, 5.74) is 6.77. The summed E-state index contributed by atoms with van der Waals surface area (Å²) in [7, 11) is 3.99. The van der Waals surface area contributed by atoms with Crippen molar-refractivity contribution in [3.8, 4) is 33.8 Å². The first kappa shape index (κ1) is 30.4. The van der Waals surface area contributed by atoms with Crippen LogP contribution in [0.4, 0.5) is 15.8 Å². The normalized spacial score (nSPS) is 13.9. The number of carbonyl (C=O) groups excluding carboxylic acids is 1. The molecule has 0 unspecified atom stereocenters. The first-order valence-corrected chi connectivity index (χ1v) is 15.7. The number of H-pyrrole nitrogens is 2. The molecule has 1 saturated heterocycles. The van der Waals surface area contributed by atoms with Gasteiger partial charge in [-0.05, 0) is 87.9 Å². The largest absolute Gasteiger partial charge is 0.384 e. The van der Waals surface area contributed by atoms with E-state index >= 15 is 0 Å². The van der Waals surface area contributed by atoms with Crippen molar-refractivity contribution in [3.63, 3.8) is 0 Å². The molecule has 7 rings (SSSR count). The van der Waals surface area contributed by atoms with Crippen LogP contribution in [0.1, 0.15) is 19.3 Å². The Balaban J connectivity index is 1.16. The van der Waals surface area contributed by atoms with Gasteiger partial charge in [0.1, 0.15) is 11.5 Å². The Morgan fingerprint density at radius 3 is 2.66 bits per heavy atom. The Morgan fingerprint density at radius 1 is 0.979 bits per heavy atom. The summed E-state index contributed by atoms with van der Waals surface area (Å²) in [6, 6.07) is 10.6. The molecule has 5 N–H and O–H groups in total. The number of hydrogen-bond donors (Lipinski definition) is 5. The fourth-order valence-corrected chi connectivity index (χ4v) is 6.01. The third kappa shape index (κ3) is 6.81. The molecule has 1 aliphatic rings. The molecule has 240 valence electrons. The lowest BCUT2D eigenvalue weighted by atomic mass is 9.94. The fraction of sp³-hybridized carbons (Fsp3) is 0.294. The van der Waals surface area contributed by atoms with E-state index in [9.17, 15) is 9.18 Å². The first-order chi connectivity index (χ1) is 22.9. The number of imidazole rings is 1. The van der Waals surface area contributed by atoms with E-state index in [4.69, 9.17) is 4.98 Å². The number of nitrogens with zero attached hydrogens (tertiary/aromatic N) is 6. The van der Waals surface area contributed by atoms with Crippen molar-refractivity contribution >= 4 is 39.5 Å². The highest BCUT2D eigenvalue weighted by Gasteiger charge is 2.19. The second kappa shape index (κ2) is 13.2. The number of aromatic nitrogens is 7. The Bertz CT molecular complexity index is 2050. The number of carbonyl (C=O) groups is 1. The van der Waals surface area contributed by atoms with Gasteiger partial charge in [0.2, 0.25) is 5.91 Å². The SMILES string of the molecule is CN(C)CCNc1cc(F)cc(-c2ccnc3nc(-c4[nH]nc5ncc(-c6cncc(NC(=O)CC7CCNCC7)c6)cc45)[nH]c23)c1. The van der Waals surface area contributed by atoms with Crippen LogP contribution >= 0.6 is 0 Å². The molecular weight excluding hydrogens is 597 g/mol. The Labute approximate surface area is 270 Å². The smallest absolute Gasteiger partial charge is 0.224 e. The zero-order chi connectivity index (χ0) is 32.3. The van der Waals surface area contributed by atoms with Crippen LogP contribution in [0.5, 0.6) is 0 Å². The second-order valence-corrected chi connectivity index (χ2v) is 12.2. The number of aromatic amines is 2. The molecule has 6 aromatic rings. The van der Waals surface area contributed by atoms with Crippen LogP contribution in [0.3, 0.4) is 0 Å². The molecule has 0 atom stereocenters. The summed E-state index contributed by atoms with van der Waals surface area (Å²) in [4.78, 5) is 36.4. The third-order valence-electron chi connectivity index (χ3n) is 8.42. The summed E-state index contributed by atoms with van der Waals surface area (Å²) >= 11 is 0. The van der Waals surface area contributed by atoms with Gasteiger partial charge >= 0.3 is 0 Å². The monoisotopic (exact) mass is 633 g/mol. The molecule has 6 heterocycles. The Hall–Kier alpha value is -5.27. The Kier molecular flexibility index (Phi) is 8.55. The molecule has 47 heavy (non-hydrogen) atoms. The van der Waals surface area contributed by atoms with E-state index in [1.54, 1.807) is 24.8 Å². The van der Waals surface area contributed by atoms with Gasteiger partial charge in [-0.15, -0.1) is 0 Å². The number of pyridine rings is 3. The van der Waals surface area contributed by atoms with E-state index in [2.05, 4.69) is 51.0 Å². The number of amides is 1. The van der Waals surface area contributed by atoms with Crippen molar-refractivity contribution < 1.29 is 9.18 Å². The molecule has 1 fully saturated rings. The van der Waals surface area contributed by atoms with Crippen LogP contribution in [-0.4, -0.2) is 86.2 Å². The number of nitrogens with one attached hydrogen (secondary N) is 5. The van der Waals surface area contributed by atoms with Gasteiger partial charge in [0.15, 0.2) is 17.1 Å². The molecule has 0 spiro atoms. The van der Waals surface area contributed by atoms with Gasteiger partial charge in [0.05, 0.1) is 22.8 Å². The van der Waals surface area contributed by atoms with E-state index in [1.165, 1.54) is 12.1 Å². The number of piperidine rings is 1. The van der Waals surface area contributed by atoms with Gasteiger partial charge in [-0.3, -0.25) is 14.9 Å². The van der Waals surface area contributed by atoms with Gasteiger partial charge in [-0.2, -0.15) is 5.10 Å². The molecule has 13 heteroatoms. The fourth-order valence-electron chi connectivity index (χ4n) is 6.01. The van der Waals surface area contributed by atoms with E-state index < -0.39 is 0 Å². The lowest BCUT2D eigenvalue weighted by Crippen LogP contribution is -2.30. The maximum Gasteiger partial charge on any atom is 0.224 e. The first-order valence-electron chi connectivity index (χ1n) is 15.7. The molecule has 0 radical (unpaired) electrons. The van der Waals surface area contributed by atoms with Gasteiger partial charge < -0.3 is 25.8 Å². The summed E-state index contributed by atoms with van der Waals surface area (Å²) in [6.45, 7) is 3.41. The number of anilines is 2. The van der Waals surface area contributed by atoms with E-state index in [1.807, 2.05) is 38.4 Å². The minimum atomic E-state index is -0.336. The van der Waals surface area contributed by atoms with E-state index in [0.717, 1.165) is 54.6 Å². The molecule has 0 saturated carbocycles. The highest BCUT2D eigenvalue weighted by molar-refractivity contribution is 5.97. The summed E-state index contributed by atoms with van der Waals surface area (Å²) in [6.07, 6.45) is 9.31. The minimum absolute atomic E-state index is 0.00512. The second-order valence-electron chi connectivity index (χ2n) is 12.2. The third-order valence-corrected chi connectivity index (χ3v) is 8.42. The van der Waals surface area contributed by atoms with Crippen LogP contribution < -0.4 is 16.0 Å². The van der Waals surface area contributed by atoms with Gasteiger partial charge in [0.25, 0.3) is 0 Å². The van der Waals surface area contributed by atoms with Gasteiger partial charge in [0, 0.05) is 60.5 Å². The maximum absolute atomic E-state index is 14.7. The van der Waals surface area contributed by atoms with Crippen molar-refractivity contribution in [1.82, 2.24) is 45.3 Å². The number of fused-ring (bicyclic) bond motifs is 2. The van der Waals surface area contributed by atoms with Gasteiger partial charge in [-0.25, -0.2) is 19.3 Å². The molecule has 1 aliphatic heterocycles. The minimum Gasteiger partial charge on any atom is -0.384 e. The molecule has 12 nitrogen and oxygen atoms in total. The zero-order valence-corrected chi connectivity index (χ0v) is 26.3. The molecular formula is C34H36FN11O. The van der Waals surface area contributed by atoms with E-state index in [-0.39, 0.29) is 11.7 Å². The van der Waals surface area contributed by atoms with Crippen molar-refractivity contribution in [1.29, 1.82) is 0 Å². The van der Waals surface area contributed by atoms with E-state index in [0.29, 0.717) is 64.2 Å². The van der Waals surface area contributed by atoms with Crippen molar-refractivity contribution in [2.24, 2.45) is 5.92 Å². The number of halogens is 1. The topological polar surface area (TPSA) is 152 Å². The molecule has 0 aliphatic carbocycles. The van der Waals surface area contributed by atoms with Crippen LogP contribution in [0.25, 0.3) is 56.0 Å². The van der Waals surface area contributed by atoms with Crippen LogP contribution in [0.15, 0.2) is 61.2 Å². The quantitative estimate of drug-likeness (QED) is 0.139.